The Bertz CT molecular complexity index is 235. The summed E-state index contributed by atoms with van der Waals surface area (Å²) in [6.07, 6.45) is 1.16. The molecule has 0 amide bonds. The van der Waals surface area contributed by atoms with Gasteiger partial charge < -0.3 is 16.0 Å². The summed E-state index contributed by atoms with van der Waals surface area (Å²) in [5.41, 5.74) is 6.71. The van der Waals surface area contributed by atoms with Gasteiger partial charge in [-0.1, -0.05) is 19.1 Å². The average molecular weight is 226 g/mol. The maximum atomic E-state index is 5.70. The van der Waals surface area contributed by atoms with Crippen LogP contribution < -0.4 is 11.1 Å². The lowest BCUT2D eigenvalue weighted by Crippen LogP contribution is -2.40. The van der Waals surface area contributed by atoms with Gasteiger partial charge in [0, 0.05) is 19.1 Å². The van der Waals surface area contributed by atoms with Gasteiger partial charge in [0.2, 0.25) is 0 Å². The predicted molar refractivity (Wildman–Crippen MR) is 71.7 cm³/mol. The topological polar surface area (TPSA) is 53.6 Å². The van der Waals surface area contributed by atoms with Crippen molar-refractivity contribution in [2.24, 2.45) is 10.7 Å². The van der Waals surface area contributed by atoms with Crippen molar-refractivity contribution in [3.8, 4) is 0 Å². The Kier molecular flexibility index (Phi) is 7.64. The van der Waals surface area contributed by atoms with Gasteiger partial charge in [0.25, 0.3) is 0 Å². The molecule has 0 bridgehead atoms. The van der Waals surface area contributed by atoms with Crippen LogP contribution in [0.1, 0.15) is 27.2 Å². The van der Waals surface area contributed by atoms with Gasteiger partial charge in [-0.2, -0.15) is 0 Å². The minimum Gasteiger partial charge on any atom is -0.370 e. The molecule has 0 aromatic carbocycles. The Morgan fingerprint density at radius 3 is 2.69 bits per heavy atom. The van der Waals surface area contributed by atoms with E-state index in [0.717, 1.165) is 25.1 Å². The van der Waals surface area contributed by atoms with Crippen molar-refractivity contribution >= 4 is 5.96 Å². The Hall–Kier alpha value is -1.03. The zero-order valence-electron chi connectivity index (χ0n) is 11.1. The fourth-order valence-corrected chi connectivity index (χ4v) is 1.17. The molecule has 0 rings (SSSR count). The van der Waals surface area contributed by atoms with Crippen molar-refractivity contribution in [1.82, 2.24) is 10.2 Å². The highest BCUT2D eigenvalue weighted by atomic mass is 15.2. The van der Waals surface area contributed by atoms with Gasteiger partial charge in [0.05, 0.1) is 6.54 Å². The van der Waals surface area contributed by atoms with E-state index in [1.165, 1.54) is 0 Å². The summed E-state index contributed by atoms with van der Waals surface area (Å²) in [6, 6.07) is 0.607. The summed E-state index contributed by atoms with van der Waals surface area (Å²) in [6.45, 7) is 12.5. The zero-order chi connectivity index (χ0) is 12.6. The number of nitrogens with zero attached hydrogens (tertiary/aromatic N) is 2. The first kappa shape index (κ1) is 15.0. The van der Waals surface area contributed by atoms with Gasteiger partial charge >= 0.3 is 0 Å². The number of aliphatic imine (C=N–C) groups is 1. The molecule has 0 spiro atoms. The van der Waals surface area contributed by atoms with Crippen molar-refractivity contribution < 1.29 is 0 Å². The molecular weight excluding hydrogens is 200 g/mol. The molecule has 0 radical (unpaired) electrons. The number of nitrogens with two attached hydrogens (primary N) is 1. The Morgan fingerprint density at radius 1 is 1.56 bits per heavy atom. The van der Waals surface area contributed by atoms with E-state index in [9.17, 15) is 0 Å². The molecule has 4 heteroatoms. The molecule has 0 aromatic heterocycles. The highest BCUT2D eigenvalue weighted by molar-refractivity contribution is 5.77. The minimum absolute atomic E-state index is 0.501. The van der Waals surface area contributed by atoms with E-state index in [4.69, 9.17) is 5.73 Å². The summed E-state index contributed by atoms with van der Waals surface area (Å²) in [4.78, 5) is 6.46. The van der Waals surface area contributed by atoms with Gasteiger partial charge in [0.1, 0.15) is 0 Å². The zero-order valence-corrected chi connectivity index (χ0v) is 11.1. The molecule has 94 valence electrons. The van der Waals surface area contributed by atoms with Gasteiger partial charge in [-0.05, 0) is 27.3 Å². The van der Waals surface area contributed by atoms with Crippen molar-refractivity contribution in [3.63, 3.8) is 0 Å². The molecular formula is C12H26N4. The number of likely N-dealkylation sites (N-methyl/N-ethyl adjacent to an activating group) is 1. The lowest BCUT2D eigenvalue weighted by Gasteiger charge is -2.23. The van der Waals surface area contributed by atoms with Crippen molar-refractivity contribution in [2.45, 2.75) is 33.2 Å². The quantitative estimate of drug-likeness (QED) is 0.389. The predicted octanol–water partition coefficient (Wildman–Crippen LogP) is 1.20. The molecule has 4 nitrogen and oxygen atoms in total. The van der Waals surface area contributed by atoms with Gasteiger partial charge in [0.15, 0.2) is 5.96 Å². The van der Waals surface area contributed by atoms with Crippen molar-refractivity contribution in [1.29, 1.82) is 0 Å². The van der Waals surface area contributed by atoms with Crippen LogP contribution in [-0.4, -0.2) is 43.6 Å². The number of hydrogen-bond acceptors (Lipinski definition) is 2. The summed E-state index contributed by atoms with van der Waals surface area (Å²) in [5.74, 6) is 0.501. The smallest absolute Gasteiger partial charge is 0.188 e. The third-order valence-corrected chi connectivity index (χ3v) is 2.63. The lowest BCUT2D eigenvalue weighted by molar-refractivity contribution is 0.256. The minimum atomic E-state index is 0.501. The number of rotatable bonds is 7. The number of hydrogen-bond donors (Lipinski definition) is 2. The summed E-state index contributed by atoms with van der Waals surface area (Å²) in [7, 11) is 2.12. The fraction of sp³-hybridized carbons (Fsp3) is 0.750. The van der Waals surface area contributed by atoms with Crippen LogP contribution in [-0.2, 0) is 0 Å². The van der Waals surface area contributed by atoms with Crippen LogP contribution in [0.3, 0.4) is 0 Å². The Labute approximate surface area is 99.6 Å². The van der Waals surface area contributed by atoms with E-state index < -0.39 is 0 Å². The van der Waals surface area contributed by atoms with E-state index in [-0.39, 0.29) is 0 Å². The third kappa shape index (κ3) is 7.29. The second-order valence-corrected chi connectivity index (χ2v) is 4.32. The molecule has 0 heterocycles. The summed E-state index contributed by atoms with van der Waals surface area (Å²) < 4.78 is 0. The first-order valence-electron chi connectivity index (χ1n) is 5.85. The van der Waals surface area contributed by atoms with E-state index in [0.29, 0.717) is 18.5 Å². The van der Waals surface area contributed by atoms with Crippen molar-refractivity contribution in [3.05, 3.63) is 12.2 Å². The van der Waals surface area contributed by atoms with Crippen LogP contribution in [0.5, 0.6) is 0 Å². The molecule has 0 aliphatic heterocycles. The normalized spacial score (nSPS) is 13.9. The number of guanidine groups is 1. The van der Waals surface area contributed by atoms with E-state index >= 15 is 0 Å². The molecule has 0 fully saturated rings. The van der Waals surface area contributed by atoms with E-state index in [2.05, 4.69) is 42.7 Å². The van der Waals surface area contributed by atoms with Gasteiger partial charge in [-0.3, -0.25) is 0 Å². The molecule has 0 saturated carbocycles. The Morgan fingerprint density at radius 2 is 2.19 bits per heavy atom. The monoisotopic (exact) mass is 226 g/mol. The van der Waals surface area contributed by atoms with Gasteiger partial charge in [-0.15, -0.1) is 0 Å². The molecule has 1 atom stereocenters. The standard InChI is InChI=1S/C12H26N4/c1-6-11(4)16(5)8-7-14-12(13)15-9-10(2)3/h11H,2,6-9H2,1,3-5H3,(H3,13,14,15). The first-order valence-corrected chi connectivity index (χ1v) is 5.85. The number of nitrogens with one attached hydrogen (secondary N) is 1. The molecule has 0 saturated heterocycles. The van der Waals surface area contributed by atoms with Crippen LogP contribution in [0, 0.1) is 0 Å². The highest BCUT2D eigenvalue weighted by Crippen LogP contribution is 1.97. The highest BCUT2D eigenvalue weighted by Gasteiger charge is 2.05. The summed E-state index contributed by atoms with van der Waals surface area (Å²) >= 11 is 0. The van der Waals surface area contributed by atoms with E-state index in [1.54, 1.807) is 0 Å². The first-order chi connectivity index (χ1) is 7.47. The van der Waals surface area contributed by atoms with Crippen LogP contribution in [0.4, 0.5) is 0 Å². The van der Waals surface area contributed by atoms with Crippen LogP contribution in [0.2, 0.25) is 0 Å². The Balaban J connectivity index is 3.72. The fourth-order valence-electron chi connectivity index (χ4n) is 1.17. The van der Waals surface area contributed by atoms with Crippen LogP contribution in [0.25, 0.3) is 0 Å². The van der Waals surface area contributed by atoms with Crippen LogP contribution in [0.15, 0.2) is 17.1 Å². The average Bonchev–Trinajstić information content (AvgIpc) is 2.24. The largest absolute Gasteiger partial charge is 0.370 e. The molecule has 1 unspecified atom stereocenters. The van der Waals surface area contributed by atoms with Crippen LogP contribution >= 0.6 is 0 Å². The third-order valence-electron chi connectivity index (χ3n) is 2.63. The maximum absolute atomic E-state index is 5.70. The molecule has 0 aliphatic carbocycles. The second kappa shape index (κ2) is 8.16. The van der Waals surface area contributed by atoms with E-state index in [1.807, 2.05) is 6.92 Å². The van der Waals surface area contributed by atoms with Gasteiger partial charge in [-0.25, -0.2) is 4.99 Å². The molecule has 0 aromatic rings. The molecule has 16 heavy (non-hydrogen) atoms. The van der Waals surface area contributed by atoms with Crippen molar-refractivity contribution in [2.75, 3.05) is 26.7 Å². The maximum Gasteiger partial charge on any atom is 0.188 e. The molecule has 0 aliphatic rings. The summed E-state index contributed by atoms with van der Waals surface area (Å²) in [5, 5.41) is 3.09. The lowest BCUT2D eigenvalue weighted by atomic mass is 10.2. The molecule has 3 N–H and O–H groups in total. The second-order valence-electron chi connectivity index (χ2n) is 4.32. The SMILES string of the molecule is C=C(C)CN=C(N)NCCN(C)C(C)CC.